The minimum atomic E-state index is -0.915. The van der Waals surface area contributed by atoms with E-state index in [9.17, 15) is 14.4 Å². The van der Waals surface area contributed by atoms with Crippen LogP contribution in [-0.2, 0) is 38.6 Å². The smallest absolute Gasteiger partial charge is 0.329 e. The Morgan fingerprint density at radius 1 is 0.718 bits per heavy atom. The zero-order valence-electron chi connectivity index (χ0n) is 22.7. The van der Waals surface area contributed by atoms with Gasteiger partial charge in [-0.2, -0.15) is 0 Å². The van der Waals surface area contributed by atoms with E-state index in [1.54, 1.807) is 0 Å². The van der Waals surface area contributed by atoms with Gasteiger partial charge in [0.25, 0.3) is 0 Å². The molecule has 0 heterocycles. The van der Waals surface area contributed by atoms with Gasteiger partial charge >= 0.3 is 5.97 Å². The number of carbonyl (C=O) groups is 3. The van der Waals surface area contributed by atoms with Gasteiger partial charge in [-0.3, -0.25) is 9.59 Å². The highest BCUT2D eigenvalue weighted by Crippen LogP contribution is 2.11. The van der Waals surface area contributed by atoms with E-state index in [-0.39, 0.29) is 18.9 Å². The molecule has 2 amide bonds. The molecule has 39 heavy (non-hydrogen) atoms. The normalized spacial score (nSPS) is 13.2. The number of rotatable bonds is 14. The quantitative estimate of drug-likeness (QED) is 0.274. The Hall–Kier alpha value is -3.97. The summed E-state index contributed by atoms with van der Waals surface area (Å²) in [5.41, 5.74) is 9.00. The van der Waals surface area contributed by atoms with Crippen LogP contribution in [-0.4, -0.2) is 35.9 Å². The first-order chi connectivity index (χ1) is 18.8. The largest absolute Gasteiger partial charge is 0.459 e. The van der Waals surface area contributed by atoms with Crippen molar-refractivity contribution in [2.75, 3.05) is 0 Å². The van der Waals surface area contributed by atoms with Crippen LogP contribution < -0.4 is 16.4 Å². The second-order valence-corrected chi connectivity index (χ2v) is 10.2. The summed E-state index contributed by atoms with van der Waals surface area (Å²) in [7, 11) is 0. The molecule has 3 rings (SSSR count). The Kier molecular flexibility index (Phi) is 11.7. The molecule has 3 aromatic rings. The highest BCUT2D eigenvalue weighted by Gasteiger charge is 2.29. The van der Waals surface area contributed by atoms with E-state index in [2.05, 4.69) is 10.6 Å². The number of hydrogen-bond acceptors (Lipinski definition) is 5. The maximum Gasteiger partial charge on any atom is 0.329 e. The fourth-order valence-electron chi connectivity index (χ4n) is 4.22. The minimum Gasteiger partial charge on any atom is -0.459 e. The van der Waals surface area contributed by atoms with Crippen molar-refractivity contribution in [1.29, 1.82) is 0 Å². The Morgan fingerprint density at radius 3 is 1.79 bits per heavy atom. The molecule has 0 saturated heterocycles. The van der Waals surface area contributed by atoms with Gasteiger partial charge in [-0.05, 0) is 41.9 Å². The van der Waals surface area contributed by atoms with Crippen LogP contribution in [0.15, 0.2) is 91.0 Å². The number of ether oxygens (including phenoxy) is 1. The van der Waals surface area contributed by atoms with Crippen molar-refractivity contribution in [3.8, 4) is 0 Å². The number of hydrogen-bond donors (Lipinski definition) is 3. The lowest BCUT2D eigenvalue weighted by Crippen LogP contribution is -2.55. The number of aryl methyl sites for hydroxylation is 1. The predicted octanol–water partition coefficient (Wildman–Crippen LogP) is 3.95. The highest BCUT2D eigenvalue weighted by molar-refractivity contribution is 5.92. The lowest BCUT2D eigenvalue weighted by Gasteiger charge is -2.25. The highest BCUT2D eigenvalue weighted by atomic mass is 16.5. The van der Waals surface area contributed by atoms with Crippen LogP contribution in [0.2, 0.25) is 0 Å². The summed E-state index contributed by atoms with van der Waals surface area (Å²) in [5, 5.41) is 5.66. The number of nitrogens with two attached hydrogens (primary N) is 1. The van der Waals surface area contributed by atoms with Gasteiger partial charge in [-0.25, -0.2) is 4.79 Å². The van der Waals surface area contributed by atoms with E-state index in [1.807, 2.05) is 105 Å². The van der Waals surface area contributed by atoms with Crippen molar-refractivity contribution in [3.63, 3.8) is 0 Å². The van der Waals surface area contributed by atoms with Crippen LogP contribution in [0.25, 0.3) is 0 Å². The molecule has 7 heteroatoms. The molecule has 0 aliphatic rings. The number of esters is 1. The van der Waals surface area contributed by atoms with Gasteiger partial charge in [-0.1, -0.05) is 105 Å². The van der Waals surface area contributed by atoms with Gasteiger partial charge in [0.15, 0.2) is 0 Å². The third-order valence-electron chi connectivity index (χ3n) is 6.37. The van der Waals surface area contributed by atoms with Crippen LogP contribution in [0.1, 0.15) is 43.4 Å². The van der Waals surface area contributed by atoms with Crippen molar-refractivity contribution in [2.24, 2.45) is 11.7 Å². The fraction of sp³-hybridized carbons (Fsp3) is 0.344. The maximum atomic E-state index is 13.4. The lowest BCUT2D eigenvalue weighted by molar-refractivity contribution is -0.149. The van der Waals surface area contributed by atoms with Crippen molar-refractivity contribution in [3.05, 3.63) is 108 Å². The molecule has 7 nitrogen and oxygen atoms in total. The number of benzene rings is 3. The Bertz CT molecular complexity index is 1170. The predicted molar refractivity (Wildman–Crippen MR) is 152 cm³/mol. The van der Waals surface area contributed by atoms with Crippen LogP contribution in [0.5, 0.6) is 0 Å². The van der Waals surface area contributed by atoms with Crippen molar-refractivity contribution in [1.82, 2.24) is 10.6 Å². The standard InChI is InChI=1S/C32H39N3O4/c1-23(2)20-28(34-30(36)27(33)19-18-24-12-6-3-7-13-24)31(37)35-29(21-25-14-8-4-9-15-25)32(38)39-22-26-16-10-5-11-17-26/h3-17,23,27-29H,18-22,33H2,1-2H3,(H,34,36)(H,35,37)/t27-,28?,29-/m0/s1. The van der Waals surface area contributed by atoms with E-state index >= 15 is 0 Å². The van der Waals surface area contributed by atoms with Gasteiger partial charge in [0, 0.05) is 6.42 Å². The number of nitrogens with one attached hydrogen (secondary N) is 2. The Labute approximate surface area is 231 Å². The van der Waals surface area contributed by atoms with Crippen molar-refractivity contribution >= 4 is 17.8 Å². The zero-order chi connectivity index (χ0) is 28.0. The molecule has 3 atom stereocenters. The SMILES string of the molecule is CC(C)CC(NC(=O)[C@@H](N)CCc1ccccc1)C(=O)N[C@@H](Cc1ccccc1)C(=O)OCc1ccccc1. The molecule has 0 aliphatic carbocycles. The third-order valence-corrected chi connectivity index (χ3v) is 6.37. The van der Waals surface area contributed by atoms with E-state index in [0.717, 1.165) is 16.7 Å². The number of amides is 2. The topological polar surface area (TPSA) is 111 Å². The number of carbonyl (C=O) groups excluding carboxylic acids is 3. The molecule has 0 aromatic heterocycles. The van der Waals surface area contributed by atoms with Crippen LogP contribution in [0.3, 0.4) is 0 Å². The first-order valence-electron chi connectivity index (χ1n) is 13.5. The lowest BCUT2D eigenvalue weighted by atomic mass is 10.00. The molecule has 1 unspecified atom stereocenters. The fourth-order valence-corrected chi connectivity index (χ4v) is 4.22. The van der Waals surface area contributed by atoms with Crippen LogP contribution >= 0.6 is 0 Å². The van der Waals surface area contributed by atoms with Crippen molar-refractivity contribution in [2.45, 2.75) is 64.3 Å². The summed E-state index contributed by atoms with van der Waals surface area (Å²) in [6, 6.07) is 26.1. The molecular formula is C32H39N3O4. The Balaban J connectivity index is 1.66. The second-order valence-electron chi connectivity index (χ2n) is 10.2. The molecule has 0 aliphatic heterocycles. The maximum absolute atomic E-state index is 13.4. The first kappa shape index (κ1) is 29.6. The minimum absolute atomic E-state index is 0.100. The Morgan fingerprint density at radius 2 is 1.23 bits per heavy atom. The molecule has 4 N–H and O–H groups in total. The first-order valence-corrected chi connectivity index (χ1v) is 13.5. The summed E-state index contributed by atoms with van der Waals surface area (Å²) in [6.07, 6.45) is 1.77. The van der Waals surface area contributed by atoms with Gasteiger partial charge in [-0.15, -0.1) is 0 Å². The van der Waals surface area contributed by atoms with E-state index in [1.165, 1.54) is 0 Å². The summed E-state index contributed by atoms with van der Waals surface area (Å²) < 4.78 is 5.56. The molecular weight excluding hydrogens is 490 g/mol. The molecule has 206 valence electrons. The summed E-state index contributed by atoms with van der Waals surface area (Å²) in [6.45, 7) is 4.04. The van der Waals surface area contributed by atoms with Gasteiger partial charge in [0.1, 0.15) is 18.7 Å². The summed E-state index contributed by atoms with van der Waals surface area (Å²) >= 11 is 0. The molecule has 0 spiro atoms. The molecule has 0 saturated carbocycles. The van der Waals surface area contributed by atoms with Crippen molar-refractivity contribution < 1.29 is 19.1 Å². The zero-order valence-corrected chi connectivity index (χ0v) is 22.7. The van der Waals surface area contributed by atoms with Crippen LogP contribution in [0.4, 0.5) is 0 Å². The molecule has 3 aromatic carbocycles. The average Bonchev–Trinajstić information content (AvgIpc) is 2.95. The van der Waals surface area contributed by atoms with Crippen LogP contribution in [0, 0.1) is 5.92 Å². The molecule has 0 bridgehead atoms. The molecule has 0 radical (unpaired) electrons. The van der Waals surface area contributed by atoms with E-state index < -0.39 is 35.9 Å². The monoisotopic (exact) mass is 529 g/mol. The van der Waals surface area contributed by atoms with E-state index in [4.69, 9.17) is 10.5 Å². The van der Waals surface area contributed by atoms with Gasteiger partial charge in [0.05, 0.1) is 6.04 Å². The summed E-state index contributed by atoms with van der Waals surface area (Å²) in [4.78, 5) is 39.5. The second kappa shape index (κ2) is 15.4. The average molecular weight is 530 g/mol. The third kappa shape index (κ3) is 10.4. The summed E-state index contributed by atoms with van der Waals surface area (Å²) in [5.74, 6) is -1.24. The van der Waals surface area contributed by atoms with E-state index in [0.29, 0.717) is 19.3 Å². The molecule has 0 fully saturated rings. The van der Waals surface area contributed by atoms with Gasteiger partial charge in [0.2, 0.25) is 11.8 Å². The van der Waals surface area contributed by atoms with Gasteiger partial charge < -0.3 is 21.1 Å².